The second-order valence-electron chi connectivity index (χ2n) is 7.54. The summed E-state index contributed by atoms with van der Waals surface area (Å²) in [6.45, 7) is 4.69. The highest BCUT2D eigenvalue weighted by Crippen LogP contribution is 2.18. The number of aryl methyl sites for hydroxylation is 2. The second kappa shape index (κ2) is 8.46. The van der Waals surface area contributed by atoms with Crippen molar-refractivity contribution < 1.29 is 19.5 Å². The molecule has 2 aromatic rings. The average molecular weight is 398 g/mol. The lowest BCUT2D eigenvalue weighted by Crippen LogP contribution is -2.45. The van der Waals surface area contributed by atoms with Crippen LogP contribution in [0, 0.1) is 19.8 Å². The fraction of sp³-hybridized carbons (Fsp3) is 0.429. The second-order valence-corrected chi connectivity index (χ2v) is 7.54. The number of hydrogen-bond acceptors (Lipinski definition) is 4. The maximum absolute atomic E-state index is 12.7. The van der Waals surface area contributed by atoms with Crippen LogP contribution in [0.2, 0.25) is 0 Å². The minimum absolute atomic E-state index is 0.0320. The highest BCUT2D eigenvalue weighted by Gasteiger charge is 2.28. The summed E-state index contributed by atoms with van der Waals surface area (Å²) in [7, 11) is 1.60. The summed E-state index contributed by atoms with van der Waals surface area (Å²) >= 11 is 0. The van der Waals surface area contributed by atoms with Gasteiger partial charge in [0.2, 0.25) is 5.91 Å². The summed E-state index contributed by atoms with van der Waals surface area (Å²) in [5, 5.41) is 13.5. The van der Waals surface area contributed by atoms with E-state index >= 15 is 0 Å². The predicted octanol–water partition coefficient (Wildman–Crippen LogP) is 1.88. The van der Waals surface area contributed by atoms with E-state index in [4.69, 9.17) is 5.11 Å². The molecular weight excluding hydrogens is 372 g/mol. The Hall–Kier alpha value is -3.16. The van der Waals surface area contributed by atoms with Crippen LogP contribution in [0.5, 0.6) is 0 Å². The Kier molecular flexibility index (Phi) is 6.00. The Morgan fingerprint density at radius 3 is 2.28 bits per heavy atom. The Bertz CT molecular complexity index is 911. The van der Waals surface area contributed by atoms with Gasteiger partial charge in [-0.1, -0.05) is 0 Å². The Morgan fingerprint density at radius 1 is 1.14 bits per heavy atom. The zero-order valence-electron chi connectivity index (χ0n) is 17.0. The van der Waals surface area contributed by atoms with Gasteiger partial charge in [0.05, 0.1) is 23.8 Å². The van der Waals surface area contributed by atoms with Crippen molar-refractivity contribution in [2.24, 2.45) is 5.92 Å². The number of carbonyl (C=O) groups excluding carboxylic acids is 2. The van der Waals surface area contributed by atoms with Crippen molar-refractivity contribution in [3.05, 3.63) is 47.3 Å². The van der Waals surface area contributed by atoms with Gasteiger partial charge in [0, 0.05) is 31.4 Å². The molecule has 2 amide bonds. The molecule has 1 saturated heterocycles. The van der Waals surface area contributed by atoms with Crippen molar-refractivity contribution in [3.8, 4) is 5.69 Å². The van der Waals surface area contributed by atoms with Crippen LogP contribution in [-0.4, -0.2) is 69.2 Å². The van der Waals surface area contributed by atoms with Crippen molar-refractivity contribution in [2.45, 2.75) is 26.7 Å². The molecule has 0 bridgehead atoms. The number of aliphatic carboxylic acids is 1. The van der Waals surface area contributed by atoms with E-state index in [2.05, 4.69) is 5.10 Å². The molecule has 8 nitrogen and oxygen atoms in total. The summed E-state index contributed by atoms with van der Waals surface area (Å²) in [4.78, 5) is 39.2. The Balaban J connectivity index is 1.59. The first-order valence-corrected chi connectivity index (χ1v) is 9.66. The Morgan fingerprint density at radius 2 is 1.76 bits per heavy atom. The van der Waals surface area contributed by atoms with Crippen LogP contribution in [0.3, 0.4) is 0 Å². The van der Waals surface area contributed by atoms with Crippen LogP contribution >= 0.6 is 0 Å². The number of carbonyl (C=O) groups is 3. The standard InChI is InChI=1S/C21H26N4O4/c1-14-12-15(2)25(22-14)18-6-4-16(5-7-18)20(27)23(3)13-19(26)24-10-8-17(9-11-24)21(28)29/h4-7,12,17H,8-11,13H2,1-3H3,(H,28,29). The molecule has 1 N–H and O–H groups in total. The molecule has 2 heterocycles. The molecule has 1 aliphatic heterocycles. The molecule has 3 rings (SSSR count). The zero-order valence-corrected chi connectivity index (χ0v) is 17.0. The summed E-state index contributed by atoms with van der Waals surface area (Å²) in [6.07, 6.45) is 0.902. The molecule has 1 aromatic carbocycles. The molecule has 8 heteroatoms. The van der Waals surface area contributed by atoms with Crippen molar-refractivity contribution in [1.29, 1.82) is 0 Å². The van der Waals surface area contributed by atoms with E-state index in [9.17, 15) is 14.4 Å². The number of carboxylic acid groups (broad SMARTS) is 1. The van der Waals surface area contributed by atoms with Crippen LogP contribution in [0.1, 0.15) is 34.6 Å². The van der Waals surface area contributed by atoms with Gasteiger partial charge in [0.25, 0.3) is 5.91 Å². The van der Waals surface area contributed by atoms with E-state index in [-0.39, 0.29) is 24.3 Å². The van der Waals surface area contributed by atoms with Gasteiger partial charge in [-0.25, -0.2) is 4.68 Å². The molecule has 1 aliphatic rings. The highest BCUT2D eigenvalue weighted by molar-refractivity contribution is 5.96. The van der Waals surface area contributed by atoms with Crippen LogP contribution in [0.4, 0.5) is 0 Å². The first-order valence-electron chi connectivity index (χ1n) is 9.66. The average Bonchev–Trinajstić information content (AvgIpc) is 3.05. The molecule has 0 atom stereocenters. The van der Waals surface area contributed by atoms with E-state index in [1.165, 1.54) is 4.90 Å². The predicted molar refractivity (Wildman–Crippen MR) is 107 cm³/mol. The highest BCUT2D eigenvalue weighted by atomic mass is 16.4. The van der Waals surface area contributed by atoms with E-state index in [1.54, 1.807) is 24.1 Å². The van der Waals surface area contributed by atoms with Crippen LogP contribution in [-0.2, 0) is 9.59 Å². The first-order chi connectivity index (χ1) is 13.8. The number of nitrogens with zero attached hydrogens (tertiary/aromatic N) is 4. The van der Waals surface area contributed by atoms with Gasteiger partial charge in [0.1, 0.15) is 0 Å². The maximum atomic E-state index is 12.7. The molecule has 0 aliphatic carbocycles. The van der Waals surface area contributed by atoms with E-state index in [0.717, 1.165) is 17.1 Å². The van der Waals surface area contributed by atoms with Gasteiger partial charge >= 0.3 is 5.97 Å². The van der Waals surface area contributed by atoms with Gasteiger partial charge in [-0.05, 0) is 57.0 Å². The first kappa shape index (κ1) is 20.6. The van der Waals surface area contributed by atoms with Crippen LogP contribution < -0.4 is 0 Å². The molecule has 0 unspecified atom stereocenters. The summed E-state index contributed by atoms with van der Waals surface area (Å²) < 4.78 is 1.82. The lowest BCUT2D eigenvalue weighted by Gasteiger charge is -2.31. The van der Waals surface area contributed by atoms with Crippen LogP contribution in [0.25, 0.3) is 5.69 Å². The third-order valence-electron chi connectivity index (χ3n) is 5.28. The quantitative estimate of drug-likeness (QED) is 0.830. The van der Waals surface area contributed by atoms with E-state index in [0.29, 0.717) is 31.5 Å². The summed E-state index contributed by atoms with van der Waals surface area (Å²) in [5.74, 6) is -1.60. The third kappa shape index (κ3) is 4.64. The number of benzene rings is 1. The Labute approximate surface area is 169 Å². The normalized spacial score (nSPS) is 14.7. The number of likely N-dealkylation sites (N-methyl/N-ethyl adjacent to an activating group) is 1. The fourth-order valence-electron chi connectivity index (χ4n) is 3.61. The minimum Gasteiger partial charge on any atom is -0.481 e. The molecule has 1 aromatic heterocycles. The van der Waals surface area contributed by atoms with E-state index in [1.807, 2.05) is 36.7 Å². The number of carboxylic acids is 1. The van der Waals surface area contributed by atoms with Gasteiger partial charge < -0.3 is 14.9 Å². The molecule has 154 valence electrons. The molecule has 29 heavy (non-hydrogen) atoms. The maximum Gasteiger partial charge on any atom is 0.306 e. The minimum atomic E-state index is -0.812. The summed E-state index contributed by atoms with van der Waals surface area (Å²) in [5.41, 5.74) is 3.30. The number of amides is 2. The monoisotopic (exact) mass is 398 g/mol. The molecule has 1 fully saturated rings. The summed E-state index contributed by atoms with van der Waals surface area (Å²) in [6, 6.07) is 9.11. The van der Waals surface area contributed by atoms with Crippen molar-refractivity contribution in [1.82, 2.24) is 19.6 Å². The zero-order chi connectivity index (χ0) is 21.1. The smallest absolute Gasteiger partial charge is 0.306 e. The number of aromatic nitrogens is 2. The lowest BCUT2D eigenvalue weighted by atomic mass is 9.97. The third-order valence-corrected chi connectivity index (χ3v) is 5.28. The van der Waals surface area contributed by atoms with Crippen LogP contribution in [0.15, 0.2) is 30.3 Å². The number of piperidine rings is 1. The fourth-order valence-corrected chi connectivity index (χ4v) is 3.61. The molecular formula is C21H26N4O4. The van der Waals surface area contributed by atoms with Gasteiger partial charge in [-0.2, -0.15) is 5.10 Å². The SMILES string of the molecule is Cc1cc(C)n(-c2ccc(C(=O)N(C)CC(=O)N3CCC(C(=O)O)CC3)cc2)n1. The lowest BCUT2D eigenvalue weighted by molar-refractivity contribution is -0.145. The largest absolute Gasteiger partial charge is 0.481 e. The van der Waals surface area contributed by atoms with Gasteiger partial charge in [0.15, 0.2) is 0 Å². The number of rotatable bonds is 5. The molecule has 0 radical (unpaired) electrons. The van der Waals surface area contributed by atoms with E-state index < -0.39 is 5.97 Å². The van der Waals surface area contributed by atoms with Gasteiger partial charge in [-0.15, -0.1) is 0 Å². The van der Waals surface area contributed by atoms with Gasteiger partial charge in [-0.3, -0.25) is 14.4 Å². The van der Waals surface area contributed by atoms with Crippen molar-refractivity contribution in [3.63, 3.8) is 0 Å². The number of likely N-dealkylation sites (tertiary alicyclic amines) is 1. The van der Waals surface area contributed by atoms with Crippen molar-refractivity contribution >= 4 is 17.8 Å². The molecule has 0 spiro atoms. The van der Waals surface area contributed by atoms with Crippen molar-refractivity contribution in [2.75, 3.05) is 26.7 Å². The topological polar surface area (TPSA) is 95.7 Å². The number of hydrogen-bond donors (Lipinski definition) is 1. The molecule has 0 saturated carbocycles.